The van der Waals surface area contributed by atoms with Crippen molar-refractivity contribution < 1.29 is 21.6 Å². The molecule has 2 aromatic carbocycles. The molecule has 1 fully saturated rings. The topological polar surface area (TPSA) is 52.7 Å². The Morgan fingerprint density at radius 1 is 1.00 bits per heavy atom. The standard InChI is InChI=1S/C19H19ClF3N3O2S/c20-15-10-14(19(21,22)23)11-16(12-15)25-5-7-26(8-6-25)29(27,28)17-1-2-18-13(9-17)3-4-24-18/h1-2,9-12,24H,3-8H2. The molecule has 2 aliphatic heterocycles. The molecule has 0 unspecified atom stereocenters. The van der Waals surface area contributed by atoms with Gasteiger partial charge in [0, 0.05) is 49.1 Å². The Kier molecular flexibility index (Phi) is 5.16. The molecular formula is C19H19ClF3N3O2S. The number of halogens is 4. The lowest BCUT2D eigenvalue weighted by Gasteiger charge is -2.35. The van der Waals surface area contributed by atoms with Crippen LogP contribution in [0, 0.1) is 0 Å². The largest absolute Gasteiger partial charge is 0.416 e. The Balaban J connectivity index is 1.50. The van der Waals surface area contributed by atoms with Crippen molar-refractivity contribution in [3.8, 4) is 0 Å². The summed E-state index contributed by atoms with van der Waals surface area (Å²) in [7, 11) is -3.66. The number of nitrogens with one attached hydrogen (secondary N) is 1. The third-order valence-electron chi connectivity index (χ3n) is 5.24. The fourth-order valence-corrected chi connectivity index (χ4v) is 5.40. The Morgan fingerprint density at radius 3 is 2.41 bits per heavy atom. The molecule has 2 aromatic rings. The highest BCUT2D eigenvalue weighted by Gasteiger charge is 2.33. The first-order chi connectivity index (χ1) is 13.6. The molecule has 0 atom stereocenters. The first-order valence-electron chi connectivity index (χ1n) is 9.14. The van der Waals surface area contributed by atoms with Gasteiger partial charge in [-0.2, -0.15) is 17.5 Å². The fourth-order valence-electron chi connectivity index (χ4n) is 3.70. The number of piperazine rings is 1. The van der Waals surface area contributed by atoms with E-state index in [9.17, 15) is 21.6 Å². The fraction of sp³-hybridized carbons (Fsp3) is 0.368. The molecule has 5 nitrogen and oxygen atoms in total. The van der Waals surface area contributed by atoms with E-state index in [4.69, 9.17) is 11.6 Å². The molecule has 0 aromatic heterocycles. The highest BCUT2D eigenvalue weighted by atomic mass is 35.5. The summed E-state index contributed by atoms with van der Waals surface area (Å²) in [5.41, 5.74) is 1.45. The van der Waals surface area contributed by atoms with E-state index < -0.39 is 21.8 Å². The average Bonchev–Trinajstić information content (AvgIpc) is 3.15. The van der Waals surface area contributed by atoms with E-state index in [1.165, 1.54) is 10.4 Å². The monoisotopic (exact) mass is 445 g/mol. The number of sulfonamides is 1. The molecule has 1 N–H and O–H groups in total. The number of hydrogen-bond donors (Lipinski definition) is 1. The Morgan fingerprint density at radius 2 is 1.72 bits per heavy atom. The van der Waals surface area contributed by atoms with Crippen LogP contribution in [-0.4, -0.2) is 45.4 Å². The van der Waals surface area contributed by atoms with Crippen LogP contribution in [0.1, 0.15) is 11.1 Å². The molecular weight excluding hydrogens is 427 g/mol. The number of nitrogens with zero attached hydrogens (tertiary/aromatic N) is 2. The lowest BCUT2D eigenvalue weighted by atomic mass is 10.1. The van der Waals surface area contributed by atoms with Gasteiger partial charge in [0.25, 0.3) is 0 Å². The molecule has 4 rings (SSSR count). The van der Waals surface area contributed by atoms with Crippen LogP contribution in [0.3, 0.4) is 0 Å². The highest BCUT2D eigenvalue weighted by molar-refractivity contribution is 7.89. The molecule has 10 heteroatoms. The minimum atomic E-state index is -4.49. The number of alkyl halides is 3. The van der Waals surface area contributed by atoms with Gasteiger partial charge in [0.1, 0.15) is 0 Å². The van der Waals surface area contributed by atoms with Crippen LogP contribution in [-0.2, 0) is 22.6 Å². The van der Waals surface area contributed by atoms with E-state index >= 15 is 0 Å². The van der Waals surface area contributed by atoms with Gasteiger partial charge < -0.3 is 10.2 Å². The lowest BCUT2D eigenvalue weighted by Crippen LogP contribution is -2.48. The van der Waals surface area contributed by atoms with E-state index in [0.29, 0.717) is 5.69 Å². The van der Waals surface area contributed by atoms with Crippen LogP contribution in [0.25, 0.3) is 0 Å². The molecule has 0 aliphatic carbocycles. The number of benzene rings is 2. The second kappa shape index (κ2) is 7.37. The van der Waals surface area contributed by atoms with Gasteiger partial charge in [0.2, 0.25) is 10.0 Å². The van der Waals surface area contributed by atoms with Crippen molar-refractivity contribution in [3.05, 3.63) is 52.5 Å². The van der Waals surface area contributed by atoms with Crippen molar-refractivity contribution >= 4 is 33.0 Å². The normalized spacial score (nSPS) is 17.9. The first-order valence-corrected chi connectivity index (χ1v) is 11.0. The molecule has 0 spiro atoms. The summed E-state index contributed by atoms with van der Waals surface area (Å²) in [6.45, 7) is 1.72. The third kappa shape index (κ3) is 4.04. The number of fused-ring (bicyclic) bond motifs is 1. The average molecular weight is 446 g/mol. The number of anilines is 2. The Hall–Kier alpha value is -1.97. The van der Waals surface area contributed by atoms with E-state index in [2.05, 4.69) is 5.32 Å². The lowest BCUT2D eigenvalue weighted by molar-refractivity contribution is -0.137. The number of rotatable bonds is 3. The third-order valence-corrected chi connectivity index (χ3v) is 7.35. The molecule has 2 heterocycles. The van der Waals surface area contributed by atoms with Crippen LogP contribution >= 0.6 is 11.6 Å². The highest BCUT2D eigenvalue weighted by Crippen LogP contribution is 2.35. The molecule has 1 saturated heterocycles. The summed E-state index contributed by atoms with van der Waals surface area (Å²) in [4.78, 5) is 1.97. The van der Waals surface area contributed by atoms with Gasteiger partial charge in [-0.15, -0.1) is 0 Å². The zero-order valence-electron chi connectivity index (χ0n) is 15.3. The van der Waals surface area contributed by atoms with Gasteiger partial charge in [-0.25, -0.2) is 8.42 Å². The van der Waals surface area contributed by atoms with E-state index in [1.54, 1.807) is 23.1 Å². The molecule has 2 aliphatic rings. The van der Waals surface area contributed by atoms with E-state index in [-0.39, 0.29) is 36.1 Å². The molecule has 0 amide bonds. The zero-order chi connectivity index (χ0) is 20.8. The van der Waals surface area contributed by atoms with Crippen LogP contribution in [0.2, 0.25) is 5.02 Å². The van der Waals surface area contributed by atoms with Gasteiger partial charge >= 0.3 is 6.18 Å². The second-order valence-corrected chi connectivity index (χ2v) is 9.46. The quantitative estimate of drug-likeness (QED) is 0.780. The smallest absolute Gasteiger partial charge is 0.384 e. The van der Waals surface area contributed by atoms with Gasteiger partial charge in [-0.3, -0.25) is 0 Å². The molecule has 29 heavy (non-hydrogen) atoms. The minimum Gasteiger partial charge on any atom is -0.384 e. The predicted octanol–water partition coefficient (Wildman–Crippen LogP) is 3.84. The first kappa shape index (κ1) is 20.3. The van der Waals surface area contributed by atoms with Crippen molar-refractivity contribution in [1.82, 2.24) is 4.31 Å². The van der Waals surface area contributed by atoms with Gasteiger partial charge in [0.15, 0.2) is 0 Å². The minimum absolute atomic E-state index is 0.00312. The summed E-state index contributed by atoms with van der Waals surface area (Å²) in [6, 6.07) is 8.46. The Bertz CT molecular complexity index is 1040. The van der Waals surface area contributed by atoms with Gasteiger partial charge in [0.05, 0.1) is 10.5 Å². The van der Waals surface area contributed by atoms with Crippen LogP contribution < -0.4 is 10.2 Å². The summed E-state index contributed by atoms with van der Waals surface area (Å²) < 4.78 is 66.5. The molecule has 0 saturated carbocycles. The van der Waals surface area contributed by atoms with E-state index in [1.807, 2.05) is 0 Å². The maximum atomic E-state index is 13.0. The maximum Gasteiger partial charge on any atom is 0.416 e. The molecule has 156 valence electrons. The van der Waals surface area contributed by atoms with Crippen molar-refractivity contribution in [3.63, 3.8) is 0 Å². The SMILES string of the molecule is O=S(=O)(c1ccc2c(c1)CCN2)N1CCN(c2cc(Cl)cc(C(F)(F)F)c2)CC1. The molecule has 0 bridgehead atoms. The summed E-state index contributed by atoms with van der Waals surface area (Å²) in [6.07, 6.45) is -3.71. The Labute approximate surface area is 172 Å². The summed E-state index contributed by atoms with van der Waals surface area (Å²) in [5.74, 6) is 0. The second-order valence-electron chi connectivity index (χ2n) is 7.08. The zero-order valence-corrected chi connectivity index (χ0v) is 16.9. The summed E-state index contributed by atoms with van der Waals surface area (Å²) in [5, 5.41) is 3.19. The van der Waals surface area contributed by atoms with Crippen molar-refractivity contribution in [2.75, 3.05) is 42.9 Å². The predicted molar refractivity (Wildman–Crippen MR) is 106 cm³/mol. The van der Waals surface area contributed by atoms with Gasteiger partial charge in [-0.1, -0.05) is 11.6 Å². The van der Waals surface area contributed by atoms with Crippen molar-refractivity contribution in [1.29, 1.82) is 0 Å². The molecule has 0 radical (unpaired) electrons. The van der Waals surface area contributed by atoms with Crippen LogP contribution in [0.5, 0.6) is 0 Å². The van der Waals surface area contributed by atoms with Crippen LogP contribution in [0.15, 0.2) is 41.3 Å². The van der Waals surface area contributed by atoms with Crippen LogP contribution in [0.4, 0.5) is 24.5 Å². The van der Waals surface area contributed by atoms with Crippen molar-refractivity contribution in [2.24, 2.45) is 0 Å². The van der Waals surface area contributed by atoms with E-state index in [0.717, 1.165) is 36.3 Å². The number of hydrogen-bond acceptors (Lipinski definition) is 4. The summed E-state index contributed by atoms with van der Waals surface area (Å²) >= 11 is 5.86. The van der Waals surface area contributed by atoms with Crippen molar-refractivity contribution in [2.45, 2.75) is 17.5 Å². The maximum absolute atomic E-state index is 13.0. The van der Waals surface area contributed by atoms with Gasteiger partial charge in [-0.05, 0) is 48.4 Å².